The van der Waals surface area contributed by atoms with Gasteiger partial charge in [-0.3, -0.25) is 9.59 Å². The van der Waals surface area contributed by atoms with E-state index in [-0.39, 0.29) is 17.7 Å². The Balaban J connectivity index is 4.85. The number of nitriles is 1. The molecule has 0 bridgehead atoms. The fraction of sp³-hybridized carbons (Fsp3) is 0.800. The molecule has 0 radical (unpaired) electrons. The van der Waals surface area contributed by atoms with Crippen LogP contribution in [0, 0.1) is 17.4 Å². The quantitative estimate of drug-likeness (QED) is 0.496. The van der Waals surface area contributed by atoms with E-state index < -0.39 is 6.04 Å². The summed E-state index contributed by atoms with van der Waals surface area (Å²) >= 11 is 1.49. The lowest BCUT2D eigenvalue weighted by Crippen LogP contribution is -2.50. The number of likely N-dealkylation sites (N-methyl/N-ethyl adjacent to an activating group) is 1. The molecular weight excluding hydrogens is 286 g/mol. The van der Waals surface area contributed by atoms with Gasteiger partial charge in [0.15, 0.2) is 6.19 Å². The first-order chi connectivity index (χ1) is 10.0. The SMILES string of the molecule is CCCC(CCC)C(=O)NC(CSC)C(=O)N(C#N)CC. The van der Waals surface area contributed by atoms with Gasteiger partial charge in [-0.25, -0.2) is 4.90 Å². The van der Waals surface area contributed by atoms with Crippen molar-refractivity contribution < 1.29 is 9.59 Å². The minimum Gasteiger partial charge on any atom is -0.343 e. The predicted molar refractivity (Wildman–Crippen MR) is 86.6 cm³/mol. The number of hydrogen-bond acceptors (Lipinski definition) is 4. The smallest absolute Gasteiger partial charge is 0.258 e. The number of rotatable bonds is 10. The Kier molecular flexibility index (Phi) is 10.8. The van der Waals surface area contributed by atoms with Gasteiger partial charge in [-0.15, -0.1) is 0 Å². The highest BCUT2D eigenvalue weighted by Crippen LogP contribution is 2.14. The summed E-state index contributed by atoms with van der Waals surface area (Å²) in [7, 11) is 0. The molecule has 0 fully saturated rings. The van der Waals surface area contributed by atoms with Gasteiger partial charge in [0.05, 0.1) is 0 Å². The molecule has 2 amide bonds. The van der Waals surface area contributed by atoms with Crippen LogP contribution in [0.3, 0.4) is 0 Å². The van der Waals surface area contributed by atoms with E-state index in [2.05, 4.69) is 19.2 Å². The average molecular weight is 313 g/mol. The minimum absolute atomic E-state index is 0.0469. The predicted octanol–water partition coefficient (Wildman–Crippen LogP) is 2.38. The molecule has 1 unspecified atom stereocenters. The van der Waals surface area contributed by atoms with Crippen molar-refractivity contribution in [1.82, 2.24) is 10.2 Å². The fourth-order valence-electron chi connectivity index (χ4n) is 2.20. The summed E-state index contributed by atoms with van der Waals surface area (Å²) in [6.45, 7) is 6.17. The van der Waals surface area contributed by atoms with Crippen molar-refractivity contribution in [2.24, 2.45) is 5.92 Å². The summed E-state index contributed by atoms with van der Waals surface area (Å²) in [5, 5.41) is 11.8. The van der Waals surface area contributed by atoms with E-state index in [0.717, 1.165) is 30.6 Å². The molecule has 0 aliphatic carbocycles. The van der Waals surface area contributed by atoms with Crippen molar-refractivity contribution in [2.45, 2.75) is 52.5 Å². The summed E-state index contributed by atoms with van der Waals surface area (Å²) in [5.41, 5.74) is 0. The van der Waals surface area contributed by atoms with Crippen LogP contribution in [0.15, 0.2) is 0 Å². The third-order valence-corrected chi connectivity index (χ3v) is 3.96. The van der Waals surface area contributed by atoms with Crippen LogP contribution in [-0.2, 0) is 9.59 Å². The van der Waals surface area contributed by atoms with E-state index in [9.17, 15) is 9.59 Å². The van der Waals surface area contributed by atoms with E-state index >= 15 is 0 Å². The van der Waals surface area contributed by atoms with Gasteiger partial charge in [0, 0.05) is 18.2 Å². The number of nitrogens with zero attached hydrogens (tertiary/aromatic N) is 2. The van der Waals surface area contributed by atoms with E-state index in [1.165, 1.54) is 11.8 Å². The maximum absolute atomic E-state index is 12.3. The van der Waals surface area contributed by atoms with Crippen LogP contribution in [-0.4, -0.2) is 41.3 Å². The molecule has 5 nitrogen and oxygen atoms in total. The molecule has 0 saturated heterocycles. The summed E-state index contributed by atoms with van der Waals surface area (Å²) in [6.07, 6.45) is 7.29. The molecule has 1 atom stereocenters. The molecule has 0 aliphatic rings. The van der Waals surface area contributed by atoms with E-state index in [4.69, 9.17) is 5.26 Å². The second-order valence-corrected chi connectivity index (χ2v) is 5.88. The molecule has 0 spiro atoms. The van der Waals surface area contributed by atoms with Gasteiger partial charge in [0.25, 0.3) is 5.91 Å². The summed E-state index contributed by atoms with van der Waals surface area (Å²) in [6, 6.07) is -0.622. The fourth-order valence-corrected chi connectivity index (χ4v) is 2.76. The standard InChI is InChI=1S/C15H27N3O2S/c1-5-8-12(9-6-2)14(19)17-13(10-21-4)15(20)18(7-3)11-16/h12-13H,5-10H2,1-4H3,(H,17,19). The molecule has 0 aliphatic heterocycles. The molecule has 0 aromatic carbocycles. The van der Waals surface area contributed by atoms with Crippen LogP contribution in [0.1, 0.15) is 46.5 Å². The molecule has 0 aromatic heterocycles. The number of amides is 2. The summed E-state index contributed by atoms with van der Waals surface area (Å²) in [5.74, 6) is 0.0390. The Labute approximate surface area is 132 Å². The molecular formula is C15H27N3O2S. The van der Waals surface area contributed by atoms with Gasteiger partial charge in [-0.1, -0.05) is 26.7 Å². The summed E-state index contributed by atoms with van der Waals surface area (Å²) in [4.78, 5) is 25.7. The molecule has 6 heteroatoms. The second-order valence-electron chi connectivity index (χ2n) is 4.97. The van der Waals surface area contributed by atoms with Crippen LogP contribution in [0.25, 0.3) is 0 Å². The lowest BCUT2D eigenvalue weighted by molar-refractivity contribution is -0.134. The van der Waals surface area contributed by atoms with Gasteiger partial charge < -0.3 is 5.32 Å². The number of thioether (sulfide) groups is 1. The topological polar surface area (TPSA) is 73.2 Å². The van der Waals surface area contributed by atoms with Gasteiger partial charge in [-0.2, -0.15) is 17.0 Å². The third kappa shape index (κ3) is 6.85. The highest BCUT2D eigenvalue weighted by molar-refractivity contribution is 7.98. The average Bonchev–Trinajstić information content (AvgIpc) is 2.47. The number of hydrogen-bond donors (Lipinski definition) is 1. The second kappa shape index (κ2) is 11.4. The van der Waals surface area contributed by atoms with Crippen molar-refractivity contribution in [1.29, 1.82) is 5.26 Å². The van der Waals surface area contributed by atoms with Crippen molar-refractivity contribution in [2.75, 3.05) is 18.6 Å². The van der Waals surface area contributed by atoms with Gasteiger partial charge in [0.1, 0.15) is 6.04 Å². The molecule has 1 N–H and O–H groups in total. The monoisotopic (exact) mass is 313 g/mol. The first-order valence-corrected chi connectivity index (χ1v) is 8.95. The third-order valence-electron chi connectivity index (χ3n) is 3.30. The molecule has 0 heterocycles. The Morgan fingerprint density at radius 2 is 1.81 bits per heavy atom. The van der Waals surface area contributed by atoms with Crippen LogP contribution < -0.4 is 5.32 Å². The highest BCUT2D eigenvalue weighted by atomic mass is 32.2. The van der Waals surface area contributed by atoms with Crippen molar-refractivity contribution in [3.05, 3.63) is 0 Å². The van der Waals surface area contributed by atoms with E-state index in [0.29, 0.717) is 12.3 Å². The van der Waals surface area contributed by atoms with Gasteiger partial charge >= 0.3 is 0 Å². The maximum Gasteiger partial charge on any atom is 0.258 e. The number of nitrogens with one attached hydrogen (secondary N) is 1. The first-order valence-electron chi connectivity index (χ1n) is 7.55. The first kappa shape index (κ1) is 19.8. The molecule has 0 aromatic rings. The largest absolute Gasteiger partial charge is 0.343 e. The highest BCUT2D eigenvalue weighted by Gasteiger charge is 2.27. The van der Waals surface area contributed by atoms with E-state index in [1.54, 1.807) is 6.92 Å². The Hall–Kier alpha value is -1.22. The minimum atomic E-state index is -0.622. The number of carbonyl (C=O) groups excluding carboxylic acids is 2. The molecule has 0 saturated carbocycles. The van der Waals surface area contributed by atoms with Gasteiger partial charge in [-0.05, 0) is 26.0 Å². The zero-order chi connectivity index (χ0) is 16.3. The zero-order valence-electron chi connectivity index (χ0n) is 13.5. The van der Waals surface area contributed by atoms with E-state index in [1.807, 2.05) is 12.4 Å². The molecule has 120 valence electrons. The number of carbonyl (C=O) groups is 2. The van der Waals surface area contributed by atoms with Crippen molar-refractivity contribution in [3.63, 3.8) is 0 Å². The zero-order valence-corrected chi connectivity index (χ0v) is 14.3. The Morgan fingerprint density at radius 1 is 1.24 bits per heavy atom. The van der Waals surface area contributed by atoms with Crippen molar-refractivity contribution >= 4 is 23.6 Å². The lowest BCUT2D eigenvalue weighted by Gasteiger charge is -2.23. The van der Waals surface area contributed by atoms with Crippen molar-refractivity contribution in [3.8, 4) is 6.19 Å². The van der Waals surface area contributed by atoms with Gasteiger partial charge in [0.2, 0.25) is 5.91 Å². The van der Waals surface area contributed by atoms with Crippen LogP contribution >= 0.6 is 11.8 Å². The van der Waals surface area contributed by atoms with Crippen LogP contribution in [0.4, 0.5) is 0 Å². The Morgan fingerprint density at radius 3 is 2.19 bits per heavy atom. The lowest BCUT2D eigenvalue weighted by atomic mass is 9.97. The summed E-state index contributed by atoms with van der Waals surface area (Å²) < 4.78 is 0. The Bertz CT molecular complexity index is 362. The van der Waals surface area contributed by atoms with Crippen LogP contribution in [0.5, 0.6) is 0 Å². The van der Waals surface area contributed by atoms with Crippen LogP contribution in [0.2, 0.25) is 0 Å². The maximum atomic E-state index is 12.3. The molecule has 0 rings (SSSR count). The normalized spacial score (nSPS) is 11.8. The molecule has 21 heavy (non-hydrogen) atoms.